The van der Waals surface area contributed by atoms with E-state index in [1.54, 1.807) is 22.8 Å². The van der Waals surface area contributed by atoms with E-state index in [-0.39, 0.29) is 11.4 Å². The molecule has 24 heavy (non-hydrogen) atoms. The van der Waals surface area contributed by atoms with E-state index < -0.39 is 10.0 Å². The number of thiazole rings is 1. The summed E-state index contributed by atoms with van der Waals surface area (Å²) >= 11 is 1.33. The molecule has 0 fully saturated rings. The lowest BCUT2D eigenvalue weighted by Crippen LogP contribution is -2.16. The summed E-state index contributed by atoms with van der Waals surface area (Å²) < 4.78 is 31.9. The van der Waals surface area contributed by atoms with Gasteiger partial charge in [-0.3, -0.25) is 0 Å². The van der Waals surface area contributed by atoms with Crippen LogP contribution in [0.15, 0.2) is 51.8 Å². The fraction of sp³-hybridized carbons (Fsp3) is 0.167. The van der Waals surface area contributed by atoms with E-state index in [2.05, 4.69) is 10.3 Å². The number of benzene rings is 2. The average molecular weight is 356 g/mol. The first-order valence-corrected chi connectivity index (χ1v) is 9.58. The van der Waals surface area contributed by atoms with Crippen LogP contribution < -0.4 is 4.80 Å². The minimum atomic E-state index is -3.78. The highest BCUT2D eigenvalue weighted by Crippen LogP contribution is 2.22. The zero-order valence-corrected chi connectivity index (χ0v) is 15.0. The second-order valence-electron chi connectivity index (χ2n) is 5.46. The lowest BCUT2D eigenvalue weighted by atomic mass is 10.1. The maximum atomic E-state index is 12.5. The molecule has 3 rings (SSSR count). The third-order valence-electron chi connectivity index (χ3n) is 3.79. The van der Waals surface area contributed by atoms with Crippen molar-refractivity contribution in [2.24, 2.45) is 4.40 Å². The van der Waals surface area contributed by atoms with E-state index >= 15 is 0 Å². The van der Waals surface area contributed by atoms with E-state index in [1.165, 1.54) is 23.5 Å². The number of fused-ring (bicyclic) bond motifs is 1. The van der Waals surface area contributed by atoms with Crippen LogP contribution >= 0.6 is 11.3 Å². The highest BCUT2D eigenvalue weighted by molar-refractivity contribution is 7.90. The molecular weight excluding hydrogens is 340 g/mol. The molecule has 0 aliphatic heterocycles. The molecule has 1 heterocycles. The van der Waals surface area contributed by atoms with Crippen molar-refractivity contribution in [2.75, 3.05) is 0 Å². The van der Waals surface area contributed by atoms with Crippen LogP contribution in [0.5, 0.6) is 0 Å². The molecule has 0 amide bonds. The van der Waals surface area contributed by atoms with E-state index in [0.29, 0.717) is 4.80 Å². The van der Waals surface area contributed by atoms with Crippen molar-refractivity contribution >= 4 is 31.6 Å². The van der Waals surface area contributed by atoms with Gasteiger partial charge in [0, 0.05) is 0 Å². The molecule has 0 unspecified atom stereocenters. The number of nitrogens with zero attached hydrogens (tertiary/aromatic N) is 2. The molecule has 0 N–H and O–H groups in total. The van der Waals surface area contributed by atoms with Crippen LogP contribution in [0.2, 0.25) is 0 Å². The Morgan fingerprint density at radius 2 is 1.83 bits per heavy atom. The normalized spacial score (nSPS) is 12.5. The summed E-state index contributed by atoms with van der Waals surface area (Å²) in [6.07, 6.45) is 5.47. The Hall–Kier alpha value is -2.36. The number of rotatable bonds is 3. The zero-order chi connectivity index (χ0) is 17.3. The van der Waals surface area contributed by atoms with E-state index in [4.69, 9.17) is 6.42 Å². The quantitative estimate of drug-likeness (QED) is 0.677. The van der Waals surface area contributed by atoms with Crippen molar-refractivity contribution in [3.8, 4) is 12.3 Å². The number of sulfonamides is 1. The Bertz CT molecular complexity index is 1120. The lowest BCUT2D eigenvalue weighted by Gasteiger charge is -2.03. The van der Waals surface area contributed by atoms with Gasteiger partial charge in [0.05, 0.1) is 21.7 Å². The SMILES string of the molecule is C#CCn1c(=NS(=O)(=O)c2ccccc2)sc2cc(C)c(C)cc21. The minimum absolute atomic E-state index is 0.169. The number of aromatic nitrogens is 1. The highest BCUT2D eigenvalue weighted by atomic mass is 32.2. The first-order valence-electron chi connectivity index (χ1n) is 7.32. The summed E-state index contributed by atoms with van der Waals surface area (Å²) in [6.45, 7) is 4.31. The summed E-state index contributed by atoms with van der Waals surface area (Å²) in [5.41, 5.74) is 3.18. The molecule has 0 saturated heterocycles. The van der Waals surface area contributed by atoms with Gasteiger partial charge in [0.2, 0.25) is 4.80 Å². The summed E-state index contributed by atoms with van der Waals surface area (Å²) in [4.78, 5) is 0.555. The summed E-state index contributed by atoms with van der Waals surface area (Å²) in [5.74, 6) is 2.58. The van der Waals surface area contributed by atoms with Gasteiger partial charge in [-0.25, -0.2) is 0 Å². The molecule has 0 atom stereocenters. The Balaban J connectivity index is 2.30. The topological polar surface area (TPSA) is 51.4 Å². The Labute approximate surface area is 145 Å². The first-order chi connectivity index (χ1) is 11.4. The van der Waals surface area contributed by atoms with Gasteiger partial charge in [-0.15, -0.1) is 10.8 Å². The van der Waals surface area contributed by atoms with Crippen LogP contribution in [0.4, 0.5) is 0 Å². The van der Waals surface area contributed by atoms with Gasteiger partial charge in [-0.1, -0.05) is 35.5 Å². The monoisotopic (exact) mass is 356 g/mol. The van der Waals surface area contributed by atoms with Crippen LogP contribution in [0.25, 0.3) is 10.2 Å². The van der Waals surface area contributed by atoms with E-state index in [9.17, 15) is 8.42 Å². The molecule has 0 radical (unpaired) electrons. The van der Waals surface area contributed by atoms with Gasteiger partial charge in [0.15, 0.2) is 0 Å². The number of terminal acetylenes is 1. The van der Waals surface area contributed by atoms with Crippen molar-refractivity contribution in [3.05, 3.63) is 58.4 Å². The van der Waals surface area contributed by atoms with Crippen molar-refractivity contribution in [2.45, 2.75) is 25.3 Å². The molecule has 0 aliphatic rings. The van der Waals surface area contributed by atoms with Gasteiger partial charge in [-0.2, -0.15) is 8.42 Å². The summed E-state index contributed by atoms with van der Waals surface area (Å²) in [7, 11) is -3.78. The third kappa shape index (κ3) is 3.01. The molecule has 0 saturated carbocycles. The largest absolute Gasteiger partial charge is 0.304 e. The Morgan fingerprint density at radius 1 is 1.17 bits per heavy atom. The van der Waals surface area contributed by atoms with Gasteiger partial charge in [-0.05, 0) is 49.2 Å². The van der Waals surface area contributed by atoms with Gasteiger partial charge < -0.3 is 4.57 Å². The van der Waals surface area contributed by atoms with Crippen LogP contribution in [0, 0.1) is 26.2 Å². The van der Waals surface area contributed by atoms with Crippen LogP contribution in [0.1, 0.15) is 11.1 Å². The summed E-state index contributed by atoms with van der Waals surface area (Å²) in [6, 6.07) is 12.2. The Kier molecular flexibility index (Phi) is 4.31. The Morgan fingerprint density at radius 3 is 2.50 bits per heavy atom. The smallest absolute Gasteiger partial charge is 0.285 e. The standard InChI is InChI=1S/C18H16N2O2S2/c1-4-10-20-16-11-13(2)14(3)12-17(16)23-18(20)19-24(21,22)15-8-6-5-7-9-15/h1,5-9,11-12H,10H2,2-3H3. The first kappa shape index (κ1) is 16.5. The van der Waals surface area contributed by atoms with Crippen molar-refractivity contribution in [3.63, 3.8) is 0 Å². The maximum absolute atomic E-state index is 12.5. The van der Waals surface area contributed by atoms with Crippen LogP contribution in [-0.2, 0) is 16.6 Å². The van der Waals surface area contributed by atoms with Crippen molar-refractivity contribution in [1.82, 2.24) is 4.57 Å². The highest BCUT2D eigenvalue weighted by Gasteiger charge is 2.14. The van der Waals surface area contributed by atoms with Crippen LogP contribution in [-0.4, -0.2) is 13.0 Å². The fourth-order valence-corrected chi connectivity index (χ4v) is 4.72. The minimum Gasteiger partial charge on any atom is -0.304 e. The van der Waals surface area contributed by atoms with Gasteiger partial charge in [0.1, 0.15) is 0 Å². The third-order valence-corrected chi connectivity index (χ3v) is 6.22. The molecule has 3 aromatic rings. The zero-order valence-electron chi connectivity index (χ0n) is 13.4. The van der Waals surface area contributed by atoms with E-state index in [1.807, 2.05) is 26.0 Å². The predicted octanol–water partition coefficient (Wildman–Crippen LogP) is 3.24. The molecule has 1 aromatic heterocycles. The number of hydrogen-bond acceptors (Lipinski definition) is 3. The predicted molar refractivity (Wildman–Crippen MR) is 97.3 cm³/mol. The molecule has 6 heteroatoms. The molecule has 4 nitrogen and oxygen atoms in total. The van der Waals surface area contributed by atoms with E-state index in [0.717, 1.165) is 21.3 Å². The number of aryl methyl sites for hydroxylation is 2. The fourth-order valence-electron chi connectivity index (χ4n) is 2.38. The molecule has 122 valence electrons. The van der Waals surface area contributed by atoms with Gasteiger partial charge in [0.25, 0.3) is 10.0 Å². The van der Waals surface area contributed by atoms with Gasteiger partial charge >= 0.3 is 0 Å². The second kappa shape index (κ2) is 6.27. The molecule has 0 spiro atoms. The summed E-state index contributed by atoms with van der Waals surface area (Å²) in [5, 5.41) is 0. The van der Waals surface area contributed by atoms with Crippen molar-refractivity contribution in [1.29, 1.82) is 0 Å². The second-order valence-corrected chi connectivity index (χ2v) is 8.07. The maximum Gasteiger partial charge on any atom is 0.285 e. The number of hydrogen-bond donors (Lipinski definition) is 0. The van der Waals surface area contributed by atoms with Crippen molar-refractivity contribution < 1.29 is 8.42 Å². The average Bonchev–Trinajstić information content (AvgIpc) is 2.85. The van der Waals surface area contributed by atoms with Crippen LogP contribution in [0.3, 0.4) is 0 Å². The molecule has 2 aromatic carbocycles. The molecule has 0 aliphatic carbocycles. The molecule has 0 bridgehead atoms. The molecular formula is C18H16N2O2S2. The lowest BCUT2D eigenvalue weighted by molar-refractivity contribution is 0.596.